The summed E-state index contributed by atoms with van der Waals surface area (Å²) in [7, 11) is 0. The van der Waals surface area contributed by atoms with E-state index in [9.17, 15) is 9.59 Å². The van der Waals surface area contributed by atoms with Crippen LogP contribution in [-0.2, 0) is 28.9 Å². The number of hydrogen-bond acceptors (Lipinski definition) is 5. The fraction of sp³-hybridized carbons (Fsp3) is 0.440. The monoisotopic (exact) mass is 470 g/mol. The van der Waals surface area contributed by atoms with Gasteiger partial charge in [-0.2, -0.15) is 0 Å². The van der Waals surface area contributed by atoms with Gasteiger partial charge in [0.2, 0.25) is 5.91 Å². The average Bonchev–Trinajstić information content (AvgIpc) is 3.32. The van der Waals surface area contributed by atoms with Gasteiger partial charge >= 0.3 is 5.97 Å². The van der Waals surface area contributed by atoms with Gasteiger partial charge in [-0.15, -0.1) is 23.1 Å². The number of nitrogens with zero attached hydrogens (tertiary/aromatic N) is 1. The molecule has 3 aromatic rings. The predicted octanol–water partition coefficient (Wildman–Crippen LogP) is 6.29. The molecule has 1 amide bonds. The highest BCUT2D eigenvalue weighted by Crippen LogP contribution is 2.39. The lowest BCUT2D eigenvalue weighted by Crippen LogP contribution is -2.23. The van der Waals surface area contributed by atoms with Gasteiger partial charge in [0.05, 0.1) is 17.4 Å². The number of aromatic nitrogens is 1. The molecule has 1 aromatic carbocycles. The van der Waals surface area contributed by atoms with E-state index in [0.717, 1.165) is 49.1 Å². The Morgan fingerprint density at radius 2 is 2.00 bits per heavy atom. The molecule has 0 unspecified atom stereocenters. The lowest BCUT2D eigenvalue weighted by Gasteiger charge is -2.13. The molecule has 0 saturated carbocycles. The summed E-state index contributed by atoms with van der Waals surface area (Å²) >= 11 is 3.10. The van der Waals surface area contributed by atoms with Crippen molar-refractivity contribution in [3.05, 3.63) is 46.5 Å². The molecule has 0 spiro atoms. The molecule has 7 heteroatoms. The largest absolute Gasteiger partial charge is 0.462 e. The van der Waals surface area contributed by atoms with Crippen LogP contribution in [0.4, 0.5) is 5.00 Å². The molecular weight excluding hydrogens is 440 g/mol. The quantitative estimate of drug-likeness (QED) is 0.311. The van der Waals surface area contributed by atoms with E-state index in [-0.39, 0.29) is 17.1 Å². The van der Waals surface area contributed by atoms with E-state index in [4.69, 9.17) is 4.74 Å². The normalized spacial score (nSPS) is 14.2. The number of thiophene rings is 1. The molecule has 2 aromatic heterocycles. The Morgan fingerprint density at radius 1 is 1.22 bits per heavy atom. The Kier molecular flexibility index (Phi) is 7.26. The number of esters is 1. The molecule has 32 heavy (non-hydrogen) atoms. The number of nitrogens with one attached hydrogen (secondary N) is 1. The molecule has 1 N–H and O–H groups in total. The Balaban J connectivity index is 1.56. The number of para-hydroxylation sites is 1. The number of anilines is 1. The summed E-state index contributed by atoms with van der Waals surface area (Å²) < 4.78 is 7.57. The second-order valence-corrected chi connectivity index (χ2v) is 10.6. The van der Waals surface area contributed by atoms with Gasteiger partial charge in [0, 0.05) is 33.4 Å². The number of benzene rings is 1. The van der Waals surface area contributed by atoms with Gasteiger partial charge in [-0.05, 0) is 57.6 Å². The number of aryl methyl sites for hydroxylation is 2. The van der Waals surface area contributed by atoms with Gasteiger partial charge in [-0.1, -0.05) is 25.1 Å². The van der Waals surface area contributed by atoms with Crippen molar-refractivity contribution in [2.45, 2.75) is 69.6 Å². The molecule has 4 rings (SSSR count). The first-order valence-corrected chi connectivity index (χ1v) is 13.1. The summed E-state index contributed by atoms with van der Waals surface area (Å²) in [4.78, 5) is 28.1. The van der Waals surface area contributed by atoms with Crippen LogP contribution in [0.3, 0.4) is 0 Å². The van der Waals surface area contributed by atoms with Crippen LogP contribution in [0.5, 0.6) is 0 Å². The second-order valence-electron chi connectivity index (χ2n) is 8.09. The fourth-order valence-electron chi connectivity index (χ4n) is 4.26. The third-order valence-corrected chi connectivity index (χ3v) is 8.13. The zero-order valence-electron chi connectivity index (χ0n) is 18.9. The van der Waals surface area contributed by atoms with E-state index < -0.39 is 0 Å². The first-order chi connectivity index (χ1) is 15.5. The van der Waals surface area contributed by atoms with Gasteiger partial charge in [0.25, 0.3) is 0 Å². The minimum atomic E-state index is -0.329. The van der Waals surface area contributed by atoms with E-state index in [1.54, 1.807) is 11.8 Å². The topological polar surface area (TPSA) is 60.3 Å². The second kappa shape index (κ2) is 10.1. The van der Waals surface area contributed by atoms with E-state index >= 15 is 0 Å². The van der Waals surface area contributed by atoms with Crippen LogP contribution >= 0.6 is 23.1 Å². The standard InChI is InChI=1S/C25H30N2O3S2/c1-4-14-27-15-21(17-10-6-8-12-19(17)27)31-16(3)23(28)26-24-22(25(29)30-5-2)18-11-7-9-13-20(18)32-24/h6,8,10,12,15-16H,4-5,7,9,11,13-14H2,1-3H3,(H,26,28)/t16-/m0/s1. The zero-order chi connectivity index (χ0) is 22.7. The summed E-state index contributed by atoms with van der Waals surface area (Å²) in [5.74, 6) is -0.420. The van der Waals surface area contributed by atoms with Crippen molar-refractivity contribution in [3.63, 3.8) is 0 Å². The maximum absolute atomic E-state index is 13.1. The molecular formula is C25H30N2O3S2. The lowest BCUT2D eigenvalue weighted by atomic mass is 9.95. The summed E-state index contributed by atoms with van der Waals surface area (Å²) in [6, 6.07) is 8.33. The van der Waals surface area contributed by atoms with Crippen molar-refractivity contribution in [2.75, 3.05) is 11.9 Å². The minimum absolute atomic E-state index is 0.0912. The third-order valence-electron chi connectivity index (χ3n) is 5.78. The van der Waals surface area contributed by atoms with Gasteiger partial charge in [-0.3, -0.25) is 4.79 Å². The number of carbonyl (C=O) groups is 2. The Labute approximate surface area is 197 Å². The highest BCUT2D eigenvalue weighted by atomic mass is 32.2. The Morgan fingerprint density at radius 3 is 2.78 bits per heavy atom. The molecule has 170 valence electrons. The average molecular weight is 471 g/mol. The first kappa shape index (κ1) is 22.9. The molecule has 0 bridgehead atoms. The van der Waals surface area contributed by atoms with Gasteiger partial charge in [-0.25, -0.2) is 4.79 Å². The van der Waals surface area contributed by atoms with Crippen LogP contribution < -0.4 is 5.32 Å². The Bertz CT molecular complexity index is 1130. The van der Waals surface area contributed by atoms with Crippen molar-refractivity contribution in [1.29, 1.82) is 0 Å². The smallest absolute Gasteiger partial charge is 0.341 e. The first-order valence-electron chi connectivity index (χ1n) is 11.4. The molecule has 0 saturated heterocycles. The lowest BCUT2D eigenvalue weighted by molar-refractivity contribution is -0.115. The number of hydrogen-bond donors (Lipinski definition) is 1. The Hall–Kier alpha value is -2.25. The molecule has 2 heterocycles. The highest BCUT2D eigenvalue weighted by Gasteiger charge is 2.28. The van der Waals surface area contributed by atoms with Crippen molar-refractivity contribution in [1.82, 2.24) is 4.57 Å². The van der Waals surface area contributed by atoms with E-state index in [1.165, 1.54) is 27.1 Å². The van der Waals surface area contributed by atoms with Crippen molar-refractivity contribution in [2.24, 2.45) is 0 Å². The number of amides is 1. The summed E-state index contributed by atoms with van der Waals surface area (Å²) in [6.07, 6.45) is 7.23. The SMILES string of the molecule is CCCn1cc(S[C@@H](C)C(=O)Nc2sc3c(c2C(=O)OCC)CCCC3)c2ccccc21. The van der Waals surface area contributed by atoms with Crippen molar-refractivity contribution in [3.8, 4) is 0 Å². The molecule has 0 aliphatic heterocycles. The van der Waals surface area contributed by atoms with Crippen LogP contribution in [0, 0.1) is 0 Å². The van der Waals surface area contributed by atoms with E-state index in [0.29, 0.717) is 17.2 Å². The number of thioether (sulfide) groups is 1. The number of rotatable bonds is 8. The summed E-state index contributed by atoms with van der Waals surface area (Å²) in [5, 5.41) is 4.57. The van der Waals surface area contributed by atoms with Crippen LogP contribution in [0.2, 0.25) is 0 Å². The van der Waals surface area contributed by atoms with Crippen LogP contribution in [0.25, 0.3) is 10.9 Å². The van der Waals surface area contributed by atoms with Crippen molar-refractivity contribution < 1.29 is 14.3 Å². The molecule has 1 aliphatic carbocycles. The van der Waals surface area contributed by atoms with Gasteiger partial charge in [0.1, 0.15) is 5.00 Å². The molecule has 0 fully saturated rings. The third kappa shape index (κ3) is 4.59. The van der Waals surface area contributed by atoms with Crippen molar-refractivity contribution >= 4 is 50.9 Å². The maximum Gasteiger partial charge on any atom is 0.341 e. The van der Waals surface area contributed by atoms with Gasteiger partial charge in [0.15, 0.2) is 0 Å². The molecule has 1 aliphatic rings. The molecule has 0 radical (unpaired) electrons. The summed E-state index contributed by atoms with van der Waals surface area (Å²) in [6.45, 7) is 7.17. The number of fused-ring (bicyclic) bond motifs is 2. The molecule has 5 nitrogen and oxygen atoms in total. The van der Waals surface area contributed by atoms with Gasteiger partial charge < -0.3 is 14.6 Å². The van der Waals surface area contributed by atoms with E-state index in [1.807, 2.05) is 19.9 Å². The number of carbonyl (C=O) groups excluding carboxylic acids is 2. The highest BCUT2D eigenvalue weighted by molar-refractivity contribution is 8.00. The zero-order valence-corrected chi connectivity index (χ0v) is 20.5. The van der Waals surface area contributed by atoms with E-state index in [2.05, 4.69) is 41.2 Å². The van der Waals surface area contributed by atoms with Crippen LogP contribution in [-0.4, -0.2) is 28.3 Å². The maximum atomic E-state index is 13.1. The summed E-state index contributed by atoms with van der Waals surface area (Å²) in [5.41, 5.74) is 2.83. The molecule has 1 atom stereocenters. The fourth-order valence-corrected chi connectivity index (χ4v) is 6.58. The predicted molar refractivity (Wildman–Crippen MR) is 133 cm³/mol. The minimum Gasteiger partial charge on any atom is -0.462 e. The number of ether oxygens (including phenoxy) is 1. The van der Waals surface area contributed by atoms with Crippen LogP contribution in [0.1, 0.15) is 60.8 Å². The van der Waals surface area contributed by atoms with Crippen LogP contribution in [0.15, 0.2) is 35.4 Å².